The van der Waals surface area contributed by atoms with E-state index in [0.717, 1.165) is 49.5 Å². The first-order valence-corrected chi connectivity index (χ1v) is 9.03. The van der Waals surface area contributed by atoms with Crippen LogP contribution in [0.15, 0.2) is 42.5 Å². The number of methoxy groups -OCH3 is 2. The Morgan fingerprint density at radius 1 is 1.00 bits per heavy atom. The number of anilines is 1. The number of nitrogens with one attached hydrogen (secondary N) is 1. The predicted molar refractivity (Wildman–Crippen MR) is 103 cm³/mol. The number of quaternary nitrogens is 1. The highest BCUT2D eigenvalue weighted by molar-refractivity contribution is 5.75. The molecule has 0 aliphatic carbocycles. The first kappa shape index (κ1) is 18.3. The maximum atomic E-state index is 10.8. The highest BCUT2D eigenvalue weighted by atomic mass is 16.5. The number of carbonyl (C=O) groups excluding carboxylic acids is 1. The van der Waals surface area contributed by atoms with Crippen LogP contribution in [0.25, 0.3) is 0 Å². The SMILES string of the molecule is COc1ccc([C@H](C)[NH+]2CCN(c3ccc(C=O)cc3)CC2)cc1OC. The van der Waals surface area contributed by atoms with Crippen molar-refractivity contribution in [1.29, 1.82) is 0 Å². The minimum absolute atomic E-state index is 0.398. The minimum atomic E-state index is 0.398. The molecular formula is C21H27N2O3+. The van der Waals surface area contributed by atoms with Gasteiger partial charge in [0.2, 0.25) is 0 Å². The normalized spacial score (nSPS) is 16.2. The fourth-order valence-electron chi connectivity index (χ4n) is 3.61. The fraction of sp³-hybridized carbons (Fsp3) is 0.381. The molecule has 5 heteroatoms. The number of ether oxygens (including phenoxy) is 2. The van der Waals surface area contributed by atoms with Gasteiger partial charge in [-0.3, -0.25) is 4.79 Å². The molecule has 1 saturated heterocycles. The number of aldehydes is 1. The second-order valence-electron chi connectivity index (χ2n) is 6.69. The average molecular weight is 355 g/mol. The lowest BCUT2D eigenvalue weighted by Gasteiger charge is -2.36. The van der Waals surface area contributed by atoms with Crippen molar-refractivity contribution in [1.82, 2.24) is 0 Å². The predicted octanol–water partition coefficient (Wildman–Crippen LogP) is 1.98. The summed E-state index contributed by atoms with van der Waals surface area (Å²) >= 11 is 0. The van der Waals surface area contributed by atoms with Gasteiger partial charge in [0.25, 0.3) is 0 Å². The van der Waals surface area contributed by atoms with Crippen LogP contribution in [-0.4, -0.2) is 46.7 Å². The van der Waals surface area contributed by atoms with Crippen LogP contribution >= 0.6 is 0 Å². The monoisotopic (exact) mass is 355 g/mol. The van der Waals surface area contributed by atoms with Crippen LogP contribution in [0.4, 0.5) is 5.69 Å². The van der Waals surface area contributed by atoms with Gasteiger partial charge in [0, 0.05) is 16.8 Å². The summed E-state index contributed by atoms with van der Waals surface area (Å²) in [5.74, 6) is 1.55. The molecule has 1 aliphatic rings. The van der Waals surface area contributed by atoms with Gasteiger partial charge in [-0.2, -0.15) is 0 Å². The van der Waals surface area contributed by atoms with E-state index in [2.05, 4.69) is 24.0 Å². The smallest absolute Gasteiger partial charge is 0.161 e. The fourth-order valence-corrected chi connectivity index (χ4v) is 3.61. The number of nitrogens with zero attached hydrogens (tertiary/aromatic N) is 1. The molecule has 5 nitrogen and oxygen atoms in total. The first-order chi connectivity index (χ1) is 12.7. The minimum Gasteiger partial charge on any atom is -0.493 e. The van der Waals surface area contributed by atoms with Gasteiger partial charge >= 0.3 is 0 Å². The molecule has 26 heavy (non-hydrogen) atoms. The summed E-state index contributed by atoms with van der Waals surface area (Å²) in [4.78, 5) is 14.8. The lowest BCUT2D eigenvalue weighted by Crippen LogP contribution is -3.14. The Labute approximate surface area is 155 Å². The maximum absolute atomic E-state index is 10.8. The van der Waals surface area contributed by atoms with Crippen LogP contribution in [-0.2, 0) is 0 Å². The molecule has 0 unspecified atom stereocenters. The van der Waals surface area contributed by atoms with E-state index in [4.69, 9.17) is 9.47 Å². The Kier molecular flexibility index (Phi) is 5.78. The molecule has 0 spiro atoms. The van der Waals surface area contributed by atoms with E-state index < -0.39 is 0 Å². The van der Waals surface area contributed by atoms with Crippen LogP contribution < -0.4 is 19.3 Å². The molecule has 2 aromatic rings. The second-order valence-corrected chi connectivity index (χ2v) is 6.69. The van der Waals surface area contributed by atoms with Crippen molar-refractivity contribution in [2.24, 2.45) is 0 Å². The number of hydrogen-bond donors (Lipinski definition) is 1. The summed E-state index contributed by atoms with van der Waals surface area (Å²) in [5.41, 5.74) is 3.18. The molecule has 1 fully saturated rings. The standard InChI is InChI=1S/C21H26N2O3/c1-16(18-6-9-20(25-2)21(14-18)26-3)22-10-12-23(13-11-22)19-7-4-17(15-24)5-8-19/h4-9,14-16H,10-13H2,1-3H3/p+1/t16-/m0/s1. The molecule has 0 bridgehead atoms. The van der Waals surface area contributed by atoms with Crippen molar-refractivity contribution in [2.75, 3.05) is 45.3 Å². The molecule has 0 saturated carbocycles. The zero-order chi connectivity index (χ0) is 18.5. The van der Waals surface area contributed by atoms with E-state index in [1.54, 1.807) is 19.1 Å². The van der Waals surface area contributed by atoms with Crippen LogP contribution in [0.1, 0.15) is 28.9 Å². The Balaban J connectivity index is 1.64. The highest BCUT2D eigenvalue weighted by Crippen LogP contribution is 2.29. The number of rotatable bonds is 6. The van der Waals surface area contributed by atoms with E-state index in [1.165, 1.54) is 11.3 Å². The van der Waals surface area contributed by atoms with Gasteiger partial charge in [0.15, 0.2) is 11.5 Å². The van der Waals surface area contributed by atoms with Crippen molar-refractivity contribution in [3.63, 3.8) is 0 Å². The van der Waals surface area contributed by atoms with Crippen molar-refractivity contribution >= 4 is 12.0 Å². The van der Waals surface area contributed by atoms with Crippen LogP contribution in [0.3, 0.4) is 0 Å². The number of piperazine rings is 1. The molecule has 3 rings (SSSR count). The summed E-state index contributed by atoms with van der Waals surface area (Å²) < 4.78 is 10.8. The Morgan fingerprint density at radius 2 is 1.65 bits per heavy atom. The molecular weight excluding hydrogens is 328 g/mol. The summed E-state index contributed by atoms with van der Waals surface area (Å²) in [6, 6.07) is 14.4. The van der Waals surface area contributed by atoms with E-state index in [-0.39, 0.29) is 0 Å². The average Bonchev–Trinajstić information content (AvgIpc) is 2.73. The van der Waals surface area contributed by atoms with E-state index in [1.807, 2.05) is 30.3 Å². The van der Waals surface area contributed by atoms with Gasteiger partial charge in [0.1, 0.15) is 12.3 Å². The number of hydrogen-bond acceptors (Lipinski definition) is 4. The summed E-state index contributed by atoms with van der Waals surface area (Å²) in [6.45, 7) is 6.43. The van der Waals surface area contributed by atoms with Gasteiger partial charge in [-0.05, 0) is 49.4 Å². The van der Waals surface area contributed by atoms with Crippen molar-refractivity contribution < 1.29 is 19.2 Å². The first-order valence-electron chi connectivity index (χ1n) is 9.03. The molecule has 2 aromatic carbocycles. The molecule has 1 aliphatic heterocycles. The molecule has 0 aromatic heterocycles. The summed E-state index contributed by atoms with van der Waals surface area (Å²) in [5, 5.41) is 0. The largest absolute Gasteiger partial charge is 0.493 e. The molecule has 138 valence electrons. The third kappa shape index (κ3) is 3.83. The van der Waals surface area contributed by atoms with Gasteiger partial charge in [0.05, 0.1) is 40.4 Å². The number of carbonyl (C=O) groups is 1. The van der Waals surface area contributed by atoms with Crippen LogP contribution in [0, 0.1) is 0 Å². The third-order valence-electron chi connectivity index (χ3n) is 5.32. The molecule has 1 atom stereocenters. The third-order valence-corrected chi connectivity index (χ3v) is 5.32. The van der Waals surface area contributed by atoms with Gasteiger partial charge < -0.3 is 19.3 Å². The van der Waals surface area contributed by atoms with Crippen molar-refractivity contribution in [2.45, 2.75) is 13.0 Å². The van der Waals surface area contributed by atoms with E-state index >= 15 is 0 Å². The molecule has 0 amide bonds. The van der Waals surface area contributed by atoms with Crippen LogP contribution in [0.5, 0.6) is 11.5 Å². The zero-order valence-corrected chi connectivity index (χ0v) is 15.7. The van der Waals surface area contributed by atoms with Gasteiger partial charge in [-0.25, -0.2) is 0 Å². The van der Waals surface area contributed by atoms with E-state index in [9.17, 15) is 4.79 Å². The van der Waals surface area contributed by atoms with Gasteiger partial charge in [-0.15, -0.1) is 0 Å². The lowest BCUT2D eigenvalue weighted by atomic mass is 10.0. The molecule has 1 heterocycles. The Bertz CT molecular complexity index is 737. The van der Waals surface area contributed by atoms with Crippen molar-refractivity contribution in [3.05, 3.63) is 53.6 Å². The maximum Gasteiger partial charge on any atom is 0.161 e. The topological polar surface area (TPSA) is 43.2 Å². The summed E-state index contributed by atoms with van der Waals surface area (Å²) in [6.07, 6.45) is 0.886. The summed E-state index contributed by atoms with van der Waals surface area (Å²) in [7, 11) is 3.33. The second kappa shape index (κ2) is 8.23. The Morgan fingerprint density at radius 3 is 2.23 bits per heavy atom. The van der Waals surface area contributed by atoms with Crippen LogP contribution in [0.2, 0.25) is 0 Å². The molecule has 1 N–H and O–H groups in total. The Hall–Kier alpha value is -2.53. The van der Waals surface area contributed by atoms with Crippen molar-refractivity contribution in [3.8, 4) is 11.5 Å². The lowest BCUT2D eigenvalue weighted by molar-refractivity contribution is -0.930. The highest BCUT2D eigenvalue weighted by Gasteiger charge is 2.26. The molecule has 0 radical (unpaired) electrons. The number of benzene rings is 2. The zero-order valence-electron chi connectivity index (χ0n) is 15.7. The van der Waals surface area contributed by atoms with Gasteiger partial charge in [-0.1, -0.05) is 0 Å². The van der Waals surface area contributed by atoms with E-state index in [0.29, 0.717) is 6.04 Å². The quantitative estimate of drug-likeness (QED) is 0.805.